The standard InChI is InChI=1S/C21H22ClN3O4S.C13H12BNO5S.2C8H10ClIN2.C5H2ClFIN/c1-13(2)24-20-10-17(18(22)11-23-20)15-9-19(21(26)29-4)25(12-15)30(27,28)16-7-5-14(3)6-8-16;1-9-3-5-11(6-4-9)21(17,18)15-8-10(20-14)7-12(15)13(16)19-2;2*1-5(2)12-8-3-7(10)6(9)4-11-8;6-3-2-9-5(7)1-4(3)8/h5-13H,1-4H3,(H,23,24);3-8H,1-2H3;2*3-5H,1-2H3,(H,11,12);1-2H. The van der Waals surface area contributed by atoms with E-state index in [9.17, 15) is 30.8 Å². The zero-order valence-electron chi connectivity index (χ0n) is 46.6. The van der Waals surface area contributed by atoms with Crippen molar-refractivity contribution in [1.82, 2.24) is 27.9 Å². The number of aryl methyl sites for hydroxylation is 2. The van der Waals surface area contributed by atoms with E-state index in [-0.39, 0.29) is 33.0 Å². The Bertz CT molecular complexity index is 3720. The van der Waals surface area contributed by atoms with Crippen molar-refractivity contribution in [1.29, 1.82) is 0 Å². The minimum Gasteiger partial charge on any atom is -0.567 e. The quantitative estimate of drug-likeness (QED) is 0.0398. The van der Waals surface area contributed by atoms with Gasteiger partial charge in [0.1, 0.15) is 34.6 Å². The van der Waals surface area contributed by atoms with Crippen LogP contribution in [0.5, 0.6) is 5.75 Å². The van der Waals surface area contributed by atoms with Gasteiger partial charge in [-0.05, 0) is 172 Å². The Hall–Kier alpha value is -5.02. The Morgan fingerprint density at radius 1 is 0.548 bits per heavy atom. The molecule has 0 bridgehead atoms. The highest BCUT2D eigenvalue weighted by atomic mass is 127. The molecule has 2 aromatic carbocycles. The number of aromatic nitrogens is 6. The molecule has 0 aliphatic heterocycles. The minimum atomic E-state index is -4.03. The minimum absolute atomic E-state index is 0.0334. The van der Waals surface area contributed by atoms with Crippen LogP contribution in [-0.2, 0) is 29.5 Å². The molecule has 2 radical (unpaired) electrons. The second-order valence-electron chi connectivity index (χ2n) is 18.3. The van der Waals surface area contributed by atoms with E-state index >= 15 is 0 Å². The van der Waals surface area contributed by atoms with Gasteiger partial charge < -0.3 is 30.1 Å². The average Bonchev–Trinajstić information content (AvgIpc) is 2.27. The number of esters is 2. The van der Waals surface area contributed by atoms with Gasteiger partial charge in [0, 0.05) is 83.1 Å². The molecule has 0 amide bonds. The number of rotatable bonds is 14. The van der Waals surface area contributed by atoms with Gasteiger partial charge in [-0.2, -0.15) is 4.39 Å². The molecule has 6 heterocycles. The summed E-state index contributed by atoms with van der Waals surface area (Å²) in [5.41, 5.74) is 2.51. The van der Waals surface area contributed by atoms with Crippen LogP contribution < -0.4 is 20.6 Å². The summed E-state index contributed by atoms with van der Waals surface area (Å²) in [4.78, 5) is 40.0. The Morgan fingerprint density at radius 3 is 1.26 bits per heavy atom. The summed E-state index contributed by atoms with van der Waals surface area (Å²) >= 11 is 29.8. The predicted molar refractivity (Wildman–Crippen MR) is 356 cm³/mol. The lowest BCUT2D eigenvalue weighted by atomic mass is 10.1. The summed E-state index contributed by atoms with van der Waals surface area (Å²) in [6.45, 7) is 15.9. The van der Waals surface area contributed by atoms with Gasteiger partial charge in [0.15, 0.2) is 0 Å². The first-order valence-corrected chi connectivity index (χ1v) is 32.2. The summed E-state index contributed by atoms with van der Waals surface area (Å²) in [6.07, 6.45) is 8.56. The summed E-state index contributed by atoms with van der Waals surface area (Å²) in [5, 5.41) is 11.8. The average molecular weight is 1600 g/mol. The Labute approximate surface area is 550 Å². The fraction of sp³-hybridized carbons (Fsp3) is 0.236. The van der Waals surface area contributed by atoms with Crippen molar-refractivity contribution in [3.63, 3.8) is 0 Å². The van der Waals surface area contributed by atoms with Gasteiger partial charge in [-0.15, -0.1) is 0 Å². The Kier molecular flexibility index (Phi) is 28.2. The van der Waals surface area contributed by atoms with Gasteiger partial charge in [-0.3, -0.25) is 0 Å². The molecule has 0 aliphatic rings. The number of carbonyl (C=O) groups excluding carboxylic acids is 2. The van der Waals surface area contributed by atoms with Gasteiger partial charge in [-0.25, -0.2) is 54.3 Å². The molecule has 6 aromatic heterocycles. The smallest absolute Gasteiger partial charge is 0.374 e. The van der Waals surface area contributed by atoms with Crippen LogP contribution in [0.25, 0.3) is 11.1 Å². The van der Waals surface area contributed by atoms with Crippen molar-refractivity contribution in [2.45, 2.75) is 83.3 Å². The first-order valence-electron chi connectivity index (χ1n) is 24.6. The maximum Gasteiger partial charge on any atom is 0.374 e. The van der Waals surface area contributed by atoms with Gasteiger partial charge in [0.2, 0.25) is 5.95 Å². The lowest BCUT2D eigenvalue weighted by Crippen LogP contribution is -2.18. The van der Waals surface area contributed by atoms with E-state index in [1.807, 2.05) is 62.4 Å². The zero-order valence-corrected chi connectivity index (χ0v) is 57.7. The number of nitrogens with zero attached hydrogens (tertiary/aromatic N) is 6. The molecule has 0 spiro atoms. The monoisotopic (exact) mass is 1600 g/mol. The van der Waals surface area contributed by atoms with Gasteiger partial charge in [-0.1, -0.05) is 81.8 Å². The van der Waals surface area contributed by atoms with Crippen LogP contribution in [0.1, 0.15) is 73.6 Å². The molecular formula is C55H56BCl4FI3N9O9S2. The number of ether oxygens (including phenoxy) is 2. The van der Waals surface area contributed by atoms with E-state index in [2.05, 4.69) is 118 Å². The molecule has 8 rings (SSSR count). The third-order valence-corrected chi connectivity index (χ3v) is 18.7. The summed E-state index contributed by atoms with van der Waals surface area (Å²) < 4.78 is 82.1. The number of hydrogen-bond donors (Lipinski definition) is 3. The molecule has 29 heteroatoms. The third kappa shape index (κ3) is 21.1. The van der Waals surface area contributed by atoms with E-state index < -0.39 is 37.9 Å². The molecule has 3 N–H and O–H groups in total. The normalized spacial score (nSPS) is 10.9. The third-order valence-electron chi connectivity index (χ3n) is 10.5. The summed E-state index contributed by atoms with van der Waals surface area (Å²) in [5.74, 6) is 0.280. The molecule has 0 saturated carbocycles. The zero-order chi connectivity index (χ0) is 62.8. The van der Waals surface area contributed by atoms with Crippen LogP contribution in [0.2, 0.25) is 20.1 Å². The molecule has 446 valence electrons. The highest BCUT2D eigenvalue weighted by Gasteiger charge is 2.27. The number of halogens is 8. The second-order valence-corrected chi connectivity index (χ2v) is 27.1. The van der Waals surface area contributed by atoms with E-state index in [0.29, 0.717) is 52.7 Å². The lowest BCUT2D eigenvalue weighted by molar-refractivity contribution is 0.0584. The fourth-order valence-corrected chi connectivity index (χ4v) is 11.1. The van der Waals surface area contributed by atoms with E-state index in [1.165, 1.54) is 68.2 Å². The number of anilines is 3. The van der Waals surface area contributed by atoms with Crippen molar-refractivity contribution < 1.29 is 44.9 Å². The first-order chi connectivity index (χ1) is 39.4. The van der Waals surface area contributed by atoms with E-state index in [0.717, 1.165) is 51.2 Å². The Morgan fingerprint density at radius 2 is 0.905 bits per heavy atom. The fourth-order valence-electron chi connectivity index (χ4n) is 6.63. The van der Waals surface area contributed by atoms with Gasteiger partial charge in [0.25, 0.3) is 20.0 Å². The van der Waals surface area contributed by atoms with Crippen LogP contribution >= 0.6 is 114 Å². The maximum atomic E-state index is 13.2. The van der Waals surface area contributed by atoms with E-state index in [1.54, 1.807) is 42.7 Å². The molecule has 18 nitrogen and oxygen atoms in total. The van der Waals surface area contributed by atoms with Crippen LogP contribution in [0.4, 0.5) is 21.8 Å². The van der Waals surface area contributed by atoms with Crippen LogP contribution in [0.15, 0.2) is 132 Å². The van der Waals surface area contributed by atoms with Crippen molar-refractivity contribution >= 4 is 172 Å². The first kappa shape index (κ1) is 71.5. The molecule has 0 unspecified atom stereocenters. The molecule has 8 aromatic rings. The topological polar surface area (TPSA) is 228 Å². The predicted octanol–water partition coefficient (Wildman–Crippen LogP) is 14.4. The highest BCUT2D eigenvalue weighted by Crippen LogP contribution is 2.33. The molecule has 0 atom stereocenters. The van der Waals surface area contributed by atoms with Crippen LogP contribution in [0.3, 0.4) is 0 Å². The van der Waals surface area contributed by atoms with Gasteiger partial charge in [0.05, 0.1) is 50.3 Å². The molecular weight excluding hydrogens is 1550 g/mol. The number of pyridine rings is 4. The van der Waals surface area contributed by atoms with Gasteiger partial charge >= 0.3 is 20.0 Å². The number of hydrogen-bond acceptors (Lipinski definition) is 16. The second kappa shape index (κ2) is 33.2. The SMILES string of the molecule is CC(C)Nc1cc(I)c(Cl)cn1.CC(C)Nc1cc(I)c(Cl)cn1.COC(=O)c1cc(-c2cc(NC(C)C)ncc2Cl)cn1S(=O)(=O)c1ccc(C)cc1.Fc1cc(I)c(Cl)cn1.[B]Oc1cc(C(=O)OC)n(S(=O)(=O)c2ccc(C)cc2)c1. The molecule has 0 aliphatic carbocycles. The summed E-state index contributed by atoms with van der Waals surface area (Å²) in [6, 6.07) is 23.0. The van der Waals surface area contributed by atoms with Crippen molar-refractivity contribution in [3.05, 3.63) is 181 Å². The molecule has 0 fully saturated rings. The maximum absolute atomic E-state index is 13.2. The number of methoxy groups -OCH3 is 2. The van der Waals surface area contributed by atoms with Crippen LogP contribution in [0, 0.1) is 30.5 Å². The number of nitrogens with one attached hydrogen (secondary N) is 3. The number of benzene rings is 2. The number of carbonyl (C=O) groups is 2. The van der Waals surface area contributed by atoms with E-state index in [4.69, 9.17) is 59.2 Å². The van der Waals surface area contributed by atoms with Crippen molar-refractivity contribution in [2.24, 2.45) is 0 Å². The Balaban J connectivity index is 0.000000243. The largest absolute Gasteiger partial charge is 0.567 e. The molecule has 84 heavy (non-hydrogen) atoms. The lowest BCUT2D eigenvalue weighted by Gasteiger charge is -2.11. The van der Waals surface area contributed by atoms with Crippen molar-refractivity contribution in [2.75, 3.05) is 30.2 Å². The van der Waals surface area contributed by atoms with Crippen molar-refractivity contribution in [3.8, 4) is 16.9 Å². The van der Waals surface area contributed by atoms with Crippen LogP contribution in [-0.4, -0.2) is 97.0 Å². The summed E-state index contributed by atoms with van der Waals surface area (Å²) in [7, 11) is -0.614. The highest BCUT2D eigenvalue weighted by molar-refractivity contribution is 14.1. The molecule has 0 saturated heterocycles.